The van der Waals surface area contributed by atoms with Gasteiger partial charge in [0.25, 0.3) is 0 Å². The van der Waals surface area contributed by atoms with E-state index in [9.17, 15) is 9.59 Å². The minimum atomic E-state index is -0.899. The number of amides is 2. The van der Waals surface area contributed by atoms with Crippen LogP contribution in [-0.2, 0) is 16.0 Å². The van der Waals surface area contributed by atoms with E-state index in [1.165, 1.54) is 0 Å². The summed E-state index contributed by atoms with van der Waals surface area (Å²) in [5, 5.41) is 5.78. The van der Waals surface area contributed by atoms with Crippen molar-refractivity contribution >= 4 is 40.7 Å². The number of hydrogen-bond acceptors (Lipinski definition) is 2. The highest BCUT2D eigenvalue weighted by atomic mass is 35.5. The zero-order chi connectivity index (χ0) is 15.2. The Labute approximate surface area is 133 Å². The van der Waals surface area contributed by atoms with Crippen LogP contribution in [0.3, 0.4) is 0 Å². The number of benzene rings is 1. The molecule has 0 saturated heterocycles. The Morgan fingerprint density at radius 3 is 2.81 bits per heavy atom. The summed E-state index contributed by atoms with van der Waals surface area (Å²) in [6, 6.07) is 5.71. The normalized spacial score (nSPS) is 23.8. The lowest BCUT2D eigenvalue weighted by Gasteiger charge is -2.20. The Morgan fingerprint density at radius 2 is 2.14 bits per heavy atom. The summed E-state index contributed by atoms with van der Waals surface area (Å²) >= 11 is 11.8. The first-order chi connectivity index (χ1) is 9.87. The molecule has 1 aromatic rings. The van der Waals surface area contributed by atoms with Crippen LogP contribution in [0, 0.1) is 5.92 Å². The summed E-state index contributed by atoms with van der Waals surface area (Å²) in [4.78, 5) is 23.3. The molecule has 0 spiro atoms. The van der Waals surface area contributed by atoms with Crippen molar-refractivity contribution in [2.45, 2.75) is 36.6 Å². The van der Waals surface area contributed by atoms with E-state index in [-0.39, 0.29) is 23.8 Å². The summed E-state index contributed by atoms with van der Waals surface area (Å²) in [6.45, 7) is 1.92. The molecule has 0 aromatic heterocycles. The van der Waals surface area contributed by atoms with Crippen molar-refractivity contribution in [1.29, 1.82) is 0 Å². The van der Waals surface area contributed by atoms with E-state index in [2.05, 4.69) is 10.6 Å². The Hall–Kier alpha value is -1.26. The number of aryl methyl sites for hydroxylation is 1. The summed E-state index contributed by atoms with van der Waals surface area (Å²) in [5.41, 5.74) is 2.97. The molecule has 21 heavy (non-hydrogen) atoms. The predicted octanol–water partition coefficient (Wildman–Crippen LogP) is 2.94. The molecule has 1 heterocycles. The molecule has 1 fully saturated rings. The van der Waals surface area contributed by atoms with Crippen molar-refractivity contribution < 1.29 is 9.59 Å². The fourth-order valence-electron chi connectivity index (χ4n) is 2.57. The van der Waals surface area contributed by atoms with Crippen LogP contribution < -0.4 is 10.6 Å². The third kappa shape index (κ3) is 3.01. The van der Waals surface area contributed by atoms with Gasteiger partial charge in [-0.3, -0.25) is 9.59 Å². The molecule has 2 aliphatic rings. The van der Waals surface area contributed by atoms with E-state index < -0.39 is 4.33 Å². The lowest BCUT2D eigenvalue weighted by Crippen LogP contribution is -2.29. The first-order valence-electron chi connectivity index (χ1n) is 6.98. The van der Waals surface area contributed by atoms with Crippen LogP contribution in [0.1, 0.15) is 36.9 Å². The molecule has 112 valence electrons. The molecule has 1 aromatic carbocycles. The second-order valence-corrected chi connectivity index (χ2v) is 7.26. The van der Waals surface area contributed by atoms with Crippen LogP contribution in [0.4, 0.5) is 5.69 Å². The third-order valence-electron chi connectivity index (χ3n) is 4.03. The zero-order valence-electron chi connectivity index (χ0n) is 11.6. The van der Waals surface area contributed by atoms with Gasteiger partial charge in [-0.25, -0.2) is 0 Å². The number of alkyl halides is 2. The van der Waals surface area contributed by atoms with Gasteiger partial charge in [0.05, 0.1) is 12.0 Å². The smallest absolute Gasteiger partial charge is 0.226 e. The van der Waals surface area contributed by atoms with E-state index in [1.807, 2.05) is 25.1 Å². The minimum Gasteiger partial charge on any atom is -0.349 e. The summed E-state index contributed by atoms with van der Waals surface area (Å²) in [7, 11) is 0. The van der Waals surface area contributed by atoms with Crippen molar-refractivity contribution in [3.05, 3.63) is 29.3 Å². The molecule has 4 nitrogen and oxygen atoms in total. The van der Waals surface area contributed by atoms with Crippen molar-refractivity contribution in [2.75, 3.05) is 5.32 Å². The average molecular weight is 327 g/mol. The Morgan fingerprint density at radius 1 is 1.43 bits per heavy atom. The van der Waals surface area contributed by atoms with E-state index in [0.717, 1.165) is 23.2 Å². The zero-order valence-corrected chi connectivity index (χ0v) is 13.1. The summed E-state index contributed by atoms with van der Waals surface area (Å²) in [6.07, 6.45) is 1.73. The largest absolute Gasteiger partial charge is 0.349 e. The second kappa shape index (κ2) is 5.18. The highest BCUT2D eigenvalue weighted by Crippen LogP contribution is 2.53. The number of halogens is 2. The van der Waals surface area contributed by atoms with Crippen molar-refractivity contribution in [1.82, 2.24) is 5.32 Å². The van der Waals surface area contributed by atoms with Crippen LogP contribution in [0.2, 0.25) is 0 Å². The lowest BCUT2D eigenvalue weighted by atomic mass is 9.98. The first-order valence-corrected chi connectivity index (χ1v) is 7.73. The molecular formula is C15H16Cl2N2O2. The monoisotopic (exact) mass is 326 g/mol. The quantitative estimate of drug-likeness (QED) is 0.839. The molecule has 3 rings (SSSR count). The molecule has 2 N–H and O–H groups in total. The minimum absolute atomic E-state index is 0.0471. The maximum atomic E-state index is 12.0. The maximum absolute atomic E-state index is 12.0. The van der Waals surface area contributed by atoms with Crippen molar-refractivity contribution in [2.24, 2.45) is 5.92 Å². The number of anilines is 1. The van der Waals surface area contributed by atoms with Gasteiger partial charge >= 0.3 is 0 Å². The van der Waals surface area contributed by atoms with Crippen LogP contribution in [0.5, 0.6) is 0 Å². The van der Waals surface area contributed by atoms with Crippen LogP contribution in [-0.4, -0.2) is 16.1 Å². The van der Waals surface area contributed by atoms with E-state index in [4.69, 9.17) is 23.2 Å². The Bertz CT molecular complexity index is 616. The van der Waals surface area contributed by atoms with Gasteiger partial charge in [0.15, 0.2) is 0 Å². The van der Waals surface area contributed by atoms with E-state index in [0.29, 0.717) is 12.8 Å². The van der Waals surface area contributed by atoms with Crippen molar-refractivity contribution in [3.63, 3.8) is 0 Å². The highest BCUT2D eigenvalue weighted by Gasteiger charge is 2.56. The van der Waals surface area contributed by atoms with Gasteiger partial charge in [0.2, 0.25) is 11.8 Å². The van der Waals surface area contributed by atoms with Gasteiger partial charge in [-0.2, -0.15) is 0 Å². The fraction of sp³-hybridized carbons (Fsp3) is 0.467. The molecule has 1 saturated carbocycles. The number of nitrogens with one attached hydrogen (secondary N) is 2. The number of fused-ring (bicyclic) bond motifs is 1. The molecular weight excluding hydrogens is 311 g/mol. The van der Waals surface area contributed by atoms with Crippen LogP contribution >= 0.6 is 23.2 Å². The lowest BCUT2D eigenvalue weighted by molar-refractivity contribution is -0.123. The third-order valence-corrected chi connectivity index (χ3v) is 4.86. The standard InChI is InChI=1S/C15H16Cl2N2O2/c1-8(18-14(21)11-7-15(11,16)17)9-2-4-12-10(6-9)3-5-13(20)19-12/h2,4,6,8,11H,3,5,7H2,1H3,(H,18,21)(H,19,20). The molecule has 0 radical (unpaired) electrons. The van der Waals surface area contributed by atoms with Crippen molar-refractivity contribution in [3.8, 4) is 0 Å². The molecule has 1 aliphatic carbocycles. The van der Waals surface area contributed by atoms with Gasteiger partial charge < -0.3 is 10.6 Å². The fourth-order valence-corrected chi connectivity index (χ4v) is 3.07. The number of carbonyl (C=O) groups excluding carboxylic acids is 2. The van der Waals surface area contributed by atoms with Gasteiger partial charge in [0.1, 0.15) is 4.33 Å². The number of hydrogen-bond donors (Lipinski definition) is 2. The molecule has 0 bridgehead atoms. The highest BCUT2D eigenvalue weighted by molar-refractivity contribution is 6.52. The van der Waals surface area contributed by atoms with Gasteiger partial charge in [0, 0.05) is 12.1 Å². The van der Waals surface area contributed by atoms with Gasteiger partial charge in [-0.15, -0.1) is 23.2 Å². The van der Waals surface area contributed by atoms with Gasteiger partial charge in [-0.1, -0.05) is 12.1 Å². The topological polar surface area (TPSA) is 58.2 Å². The molecule has 2 unspecified atom stereocenters. The summed E-state index contributed by atoms with van der Waals surface area (Å²) in [5.74, 6) is -0.385. The van der Waals surface area contributed by atoms with Gasteiger partial charge in [-0.05, 0) is 37.0 Å². The van der Waals surface area contributed by atoms with E-state index in [1.54, 1.807) is 0 Å². The average Bonchev–Trinajstić information content (AvgIpc) is 3.07. The second-order valence-electron chi connectivity index (χ2n) is 5.71. The molecule has 2 amide bonds. The maximum Gasteiger partial charge on any atom is 0.226 e. The Kier molecular flexibility index (Phi) is 3.62. The molecule has 1 aliphatic heterocycles. The number of carbonyl (C=O) groups is 2. The summed E-state index contributed by atoms with van der Waals surface area (Å²) < 4.78 is -0.899. The molecule has 6 heteroatoms. The van der Waals surface area contributed by atoms with Crippen LogP contribution in [0.25, 0.3) is 0 Å². The number of rotatable bonds is 3. The first kappa shape index (κ1) is 14.7. The Balaban J connectivity index is 1.69. The SMILES string of the molecule is CC(NC(=O)C1CC1(Cl)Cl)c1ccc2c(c1)CCC(=O)N2. The van der Waals surface area contributed by atoms with E-state index >= 15 is 0 Å². The van der Waals surface area contributed by atoms with Crippen LogP contribution in [0.15, 0.2) is 18.2 Å². The molecule has 2 atom stereocenters. The predicted molar refractivity (Wildman–Crippen MR) is 82.5 cm³/mol.